The zero-order chi connectivity index (χ0) is 13.1. The fourth-order valence-corrected chi connectivity index (χ4v) is 2.07. The van der Waals surface area contributed by atoms with E-state index in [1.807, 2.05) is 48.5 Å². The van der Waals surface area contributed by atoms with Crippen LogP contribution in [0.5, 0.6) is 0 Å². The normalized spacial score (nSPS) is 10.5. The van der Waals surface area contributed by atoms with E-state index in [2.05, 4.69) is 11.7 Å². The number of hydrogen-bond acceptors (Lipinski definition) is 3. The van der Waals surface area contributed by atoms with Gasteiger partial charge >= 0.3 is 0 Å². The molecule has 0 saturated carbocycles. The van der Waals surface area contributed by atoms with Gasteiger partial charge in [-0.05, 0) is 18.6 Å². The maximum atomic E-state index is 5.50. The first kappa shape index (κ1) is 11.5. The first-order chi connectivity index (χ1) is 9.40. The third-order valence-corrected chi connectivity index (χ3v) is 2.93. The van der Waals surface area contributed by atoms with Crippen molar-refractivity contribution in [3.05, 3.63) is 66.9 Å². The smallest absolute Gasteiger partial charge is 0.171 e. The number of benzene rings is 1. The first-order valence-corrected chi connectivity index (χ1v) is 6.09. The van der Waals surface area contributed by atoms with Gasteiger partial charge in [-0.3, -0.25) is 0 Å². The molecule has 19 heavy (non-hydrogen) atoms. The number of furan rings is 1. The summed E-state index contributed by atoms with van der Waals surface area (Å²) in [5.41, 5.74) is 2.74. The number of hydrogen-bond donors (Lipinski definition) is 0. The first-order valence-electron chi connectivity index (χ1n) is 6.09. The monoisotopic (exact) mass is 251 g/mol. The Hall–Kier alpha value is -2.55. The van der Waals surface area contributed by atoms with Crippen LogP contribution in [0.2, 0.25) is 0 Å². The molecule has 2 heterocycles. The standard InChI is InChI=1S/C16H13NO2/c1-2-7-13-15(14-10-6-11-18-14)17-19-16(13)12-8-4-3-5-9-12/h2-6,8-11H,1,7H2. The predicted octanol–water partition coefficient (Wildman–Crippen LogP) is 4.33. The molecule has 0 saturated heterocycles. The molecule has 0 fully saturated rings. The fourth-order valence-electron chi connectivity index (χ4n) is 2.07. The maximum absolute atomic E-state index is 5.50. The van der Waals surface area contributed by atoms with Crippen LogP contribution >= 0.6 is 0 Å². The lowest BCUT2D eigenvalue weighted by Gasteiger charge is -2.00. The summed E-state index contributed by atoms with van der Waals surface area (Å²) in [5.74, 6) is 1.48. The average Bonchev–Trinajstić information content (AvgIpc) is 3.09. The van der Waals surface area contributed by atoms with Crippen molar-refractivity contribution < 1.29 is 8.94 Å². The Morgan fingerprint density at radius 1 is 1.11 bits per heavy atom. The topological polar surface area (TPSA) is 39.2 Å². The quantitative estimate of drug-likeness (QED) is 0.648. The molecule has 0 radical (unpaired) electrons. The highest BCUT2D eigenvalue weighted by atomic mass is 16.5. The third kappa shape index (κ3) is 2.10. The van der Waals surface area contributed by atoms with Crippen LogP contribution < -0.4 is 0 Å². The Bertz CT molecular complexity index is 666. The summed E-state index contributed by atoms with van der Waals surface area (Å²) < 4.78 is 10.9. The lowest BCUT2D eigenvalue weighted by atomic mass is 10.0. The molecule has 0 unspecified atom stereocenters. The lowest BCUT2D eigenvalue weighted by Crippen LogP contribution is -1.86. The van der Waals surface area contributed by atoms with Crippen molar-refractivity contribution in [2.45, 2.75) is 6.42 Å². The summed E-state index contributed by atoms with van der Waals surface area (Å²) in [6.07, 6.45) is 4.15. The van der Waals surface area contributed by atoms with Crippen LogP contribution in [0.4, 0.5) is 0 Å². The highest BCUT2D eigenvalue weighted by Crippen LogP contribution is 2.32. The van der Waals surface area contributed by atoms with E-state index in [0.29, 0.717) is 12.2 Å². The van der Waals surface area contributed by atoms with Gasteiger partial charge in [0.15, 0.2) is 17.2 Å². The fraction of sp³-hybridized carbons (Fsp3) is 0.0625. The van der Waals surface area contributed by atoms with Gasteiger partial charge in [-0.1, -0.05) is 41.6 Å². The molecule has 3 aromatic rings. The molecule has 2 aromatic heterocycles. The number of allylic oxidation sites excluding steroid dienone is 1. The number of rotatable bonds is 4. The van der Waals surface area contributed by atoms with Crippen LogP contribution in [0.1, 0.15) is 5.56 Å². The van der Waals surface area contributed by atoms with Crippen LogP contribution in [-0.2, 0) is 6.42 Å². The van der Waals surface area contributed by atoms with E-state index in [1.54, 1.807) is 6.26 Å². The number of nitrogens with zero attached hydrogens (tertiary/aromatic N) is 1. The van der Waals surface area contributed by atoms with Gasteiger partial charge in [-0.2, -0.15) is 0 Å². The van der Waals surface area contributed by atoms with Crippen molar-refractivity contribution >= 4 is 0 Å². The molecular formula is C16H13NO2. The van der Waals surface area contributed by atoms with Crippen molar-refractivity contribution in [1.82, 2.24) is 5.16 Å². The molecule has 94 valence electrons. The van der Waals surface area contributed by atoms with Crippen molar-refractivity contribution in [3.8, 4) is 22.8 Å². The van der Waals surface area contributed by atoms with Gasteiger partial charge in [0.25, 0.3) is 0 Å². The highest BCUT2D eigenvalue weighted by molar-refractivity contribution is 5.70. The van der Waals surface area contributed by atoms with Crippen LogP contribution in [0.25, 0.3) is 22.8 Å². The van der Waals surface area contributed by atoms with Gasteiger partial charge in [0.05, 0.1) is 6.26 Å². The van der Waals surface area contributed by atoms with Crippen molar-refractivity contribution in [3.63, 3.8) is 0 Å². The minimum absolute atomic E-state index is 0.684. The number of aromatic nitrogens is 1. The minimum Gasteiger partial charge on any atom is -0.463 e. The highest BCUT2D eigenvalue weighted by Gasteiger charge is 2.19. The average molecular weight is 251 g/mol. The van der Waals surface area contributed by atoms with E-state index in [0.717, 1.165) is 22.6 Å². The summed E-state index contributed by atoms with van der Waals surface area (Å²) in [4.78, 5) is 0. The minimum atomic E-state index is 0.684. The largest absolute Gasteiger partial charge is 0.463 e. The molecule has 0 aliphatic carbocycles. The van der Waals surface area contributed by atoms with Crippen LogP contribution in [-0.4, -0.2) is 5.16 Å². The molecule has 0 amide bonds. The van der Waals surface area contributed by atoms with Crippen molar-refractivity contribution in [1.29, 1.82) is 0 Å². The SMILES string of the molecule is C=CCc1c(-c2ccco2)noc1-c1ccccc1. The Morgan fingerprint density at radius 2 is 1.95 bits per heavy atom. The zero-order valence-electron chi connectivity index (χ0n) is 10.4. The second kappa shape index (κ2) is 4.98. The summed E-state index contributed by atoms with van der Waals surface area (Å²) in [6.45, 7) is 3.79. The van der Waals surface area contributed by atoms with Gasteiger partial charge < -0.3 is 8.94 Å². The van der Waals surface area contributed by atoms with Gasteiger partial charge in [0, 0.05) is 11.1 Å². The van der Waals surface area contributed by atoms with E-state index >= 15 is 0 Å². The molecule has 1 aromatic carbocycles. The second-order valence-electron chi connectivity index (χ2n) is 4.17. The van der Waals surface area contributed by atoms with Gasteiger partial charge in [-0.15, -0.1) is 6.58 Å². The van der Waals surface area contributed by atoms with Crippen molar-refractivity contribution in [2.75, 3.05) is 0 Å². The maximum Gasteiger partial charge on any atom is 0.171 e. The van der Waals surface area contributed by atoms with E-state index < -0.39 is 0 Å². The van der Waals surface area contributed by atoms with Crippen LogP contribution in [0.3, 0.4) is 0 Å². The molecule has 3 nitrogen and oxygen atoms in total. The van der Waals surface area contributed by atoms with E-state index in [-0.39, 0.29) is 0 Å². The molecule has 0 aliphatic heterocycles. The Morgan fingerprint density at radius 3 is 2.63 bits per heavy atom. The molecular weight excluding hydrogens is 238 g/mol. The predicted molar refractivity (Wildman–Crippen MR) is 73.5 cm³/mol. The molecule has 0 bridgehead atoms. The molecule has 3 rings (SSSR count). The van der Waals surface area contributed by atoms with E-state index in [4.69, 9.17) is 8.94 Å². The molecule has 0 atom stereocenters. The molecule has 0 N–H and O–H groups in total. The summed E-state index contributed by atoms with van der Waals surface area (Å²) in [5, 5.41) is 4.14. The second-order valence-corrected chi connectivity index (χ2v) is 4.17. The van der Waals surface area contributed by atoms with Crippen LogP contribution in [0, 0.1) is 0 Å². The Balaban J connectivity index is 2.14. The Labute approximate surface area is 111 Å². The molecule has 0 aliphatic rings. The molecule has 0 spiro atoms. The summed E-state index contributed by atoms with van der Waals surface area (Å²) in [7, 11) is 0. The summed E-state index contributed by atoms with van der Waals surface area (Å²) >= 11 is 0. The van der Waals surface area contributed by atoms with Crippen molar-refractivity contribution in [2.24, 2.45) is 0 Å². The van der Waals surface area contributed by atoms with Gasteiger partial charge in [0.1, 0.15) is 0 Å². The molecule has 3 heteroatoms. The zero-order valence-corrected chi connectivity index (χ0v) is 10.4. The summed E-state index contributed by atoms with van der Waals surface area (Å²) in [6, 6.07) is 13.6. The van der Waals surface area contributed by atoms with E-state index in [1.165, 1.54) is 0 Å². The third-order valence-electron chi connectivity index (χ3n) is 2.93. The van der Waals surface area contributed by atoms with Gasteiger partial charge in [-0.25, -0.2) is 0 Å². The van der Waals surface area contributed by atoms with Crippen LogP contribution in [0.15, 0.2) is 70.3 Å². The Kier molecular flexibility index (Phi) is 3.02. The van der Waals surface area contributed by atoms with E-state index in [9.17, 15) is 0 Å². The lowest BCUT2D eigenvalue weighted by molar-refractivity contribution is 0.431. The van der Waals surface area contributed by atoms with Gasteiger partial charge in [0.2, 0.25) is 0 Å².